The molecule has 0 saturated carbocycles. The predicted molar refractivity (Wildman–Crippen MR) is 111 cm³/mol. The highest BCUT2D eigenvalue weighted by Gasteiger charge is 2.32. The van der Waals surface area contributed by atoms with Gasteiger partial charge >= 0.3 is 0 Å². The van der Waals surface area contributed by atoms with E-state index in [-0.39, 0.29) is 5.91 Å². The number of carbonyl (C=O) groups is 1. The molecule has 0 radical (unpaired) electrons. The molecule has 0 unspecified atom stereocenters. The Bertz CT molecular complexity index is 622. The Labute approximate surface area is 169 Å². The number of amides is 1. The largest absolute Gasteiger partial charge is 0.371 e. The molecule has 3 fully saturated rings. The van der Waals surface area contributed by atoms with E-state index in [1.807, 2.05) is 30.3 Å². The number of hydrogen-bond acceptors (Lipinski definition) is 4. The van der Waals surface area contributed by atoms with Crippen LogP contribution in [0.1, 0.15) is 43.0 Å². The van der Waals surface area contributed by atoms with Crippen molar-refractivity contribution in [3.63, 3.8) is 0 Å². The van der Waals surface area contributed by atoms with Gasteiger partial charge in [0.05, 0.1) is 12.2 Å². The van der Waals surface area contributed by atoms with Gasteiger partial charge in [-0.3, -0.25) is 4.79 Å². The fourth-order valence-corrected chi connectivity index (χ4v) is 5.21. The van der Waals surface area contributed by atoms with Crippen molar-refractivity contribution in [3.05, 3.63) is 35.9 Å². The Morgan fingerprint density at radius 3 is 2.29 bits per heavy atom. The van der Waals surface area contributed by atoms with Crippen LogP contribution in [-0.2, 0) is 4.74 Å². The molecule has 1 aromatic rings. The third kappa shape index (κ3) is 4.94. The van der Waals surface area contributed by atoms with Crippen LogP contribution in [0.25, 0.3) is 0 Å². The highest BCUT2D eigenvalue weighted by molar-refractivity contribution is 5.94. The van der Waals surface area contributed by atoms with Crippen molar-refractivity contribution in [2.75, 3.05) is 45.8 Å². The van der Waals surface area contributed by atoms with Gasteiger partial charge in [0.25, 0.3) is 5.91 Å². The quantitative estimate of drug-likeness (QED) is 0.865. The first-order valence-electron chi connectivity index (χ1n) is 11.1. The lowest BCUT2D eigenvalue weighted by atomic mass is 9.78. The average molecular weight is 386 g/mol. The fourth-order valence-electron chi connectivity index (χ4n) is 5.21. The predicted octanol–water partition coefficient (Wildman–Crippen LogP) is 2.63. The molecule has 0 aliphatic carbocycles. The van der Waals surface area contributed by atoms with E-state index in [1.165, 1.54) is 25.9 Å². The van der Waals surface area contributed by atoms with E-state index < -0.39 is 0 Å². The van der Waals surface area contributed by atoms with Gasteiger partial charge in [0.2, 0.25) is 0 Å². The minimum absolute atomic E-state index is 0.198. The van der Waals surface area contributed by atoms with Gasteiger partial charge in [-0.05, 0) is 69.7 Å². The zero-order valence-corrected chi connectivity index (χ0v) is 17.2. The van der Waals surface area contributed by atoms with Crippen LogP contribution in [-0.4, -0.2) is 73.7 Å². The molecule has 28 heavy (non-hydrogen) atoms. The second kappa shape index (κ2) is 9.38. The third-order valence-electron chi connectivity index (χ3n) is 6.84. The Morgan fingerprint density at radius 2 is 1.64 bits per heavy atom. The Hall–Kier alpha value is -1.43. The lowest BCUT2D eigenvalue weighted by Gasteiger charge is -2.41. The van der Waals surface area contributed by atoms with Crippen molar-refractivity contribution in [1.82, 2.24) is 15.1 Å². The number of likely N-dealkylation sites (tertiary alicyclic amines) is 2. The van der Waals surface area contributed by atoms with Crippen LogP contribution >= 0.6 is 0 Å². The molecule has 3 aliphatic rings. The molecular weight excluding hydrogens is 350 g/mol. The number of carbonyl (C=O) groups excluding carboxylic acids is 1. The number of hydrogen-bond donors (Lipinski definition) is 1. The van der Waals surface area contributed by atoms with Crippen molar-refractivity contribution in [2.24, 2.45) is 11.8 Å². The van der Waals surface area contributed by atoms with Crippen LogP contribution in [0.2, 0.25) is 0 Å². The molecule has 1 aromatic carbocycles. The van der Waals surface area contributed by atoms with Crippen LogP contribution in [0, 0.1) is 11.8 Å². The summed E-state index contributed by atoms with van der Waals surface area (Å²) in [5.74, 6) is 1.81. The van der Waals surface area contributed by atoms with E-state index in [1.54, 1.807) is 0 Å². The Morgan fingerprint density at radius 1 is 1.00 bits per heavy atom. The molecule has 4 rings (SSSR count). The van der Waals surface area contributed by atoms with Crippen LogP contribution in [0.5, 0.6) is 0 Å². The van der Waals surface area contributed by atoms with Gasteiger partial charge in [0.15, 0.2) is 0 Å². The molecule has 3 aliphatic heterocycles. The van der Waals surface area contributed by atoms with Crippen LogP contribution in [0.15, 0.2) is 30.3 Å². The lowest BCUT2D eigenvalue weighted by Crippen LogP contribution is -2.50. The summed E-state index contributed by atoms with van der Waals surface area (Å²) < 4.78 is 6.06. The van der Waals surface area contributed by atoms with E-state index in [9.17, 15) is 4.79 Å². The summed E-state index contributed by atoms with van der Waals surface area (Å²) in [6.07, 6.45) is 5.60. The van der Waals surface area contributed by atoms with Gasteiger partial charge in [-0.15, -0.1) is 0 Å². The Balaban J connectivity index is 1.19. The molecule has 5 heteroatoms. The second-order valence-corrected chi connectivity index (χ2v) is 8.86. The highest BCUT2D eigenvalue weighted by Crippen LogP contribution is 2.33. The summed E-state index contributed by atoms with van der Waals surface area (Å²) in [5.41, 5.74) is 0.822. The molecular formula is C23H35N3O2. The van der Waals surface area contributed by atoms with Gasteiger partial charge in [-0.2, -0.15) is 0 Å². The number of rotatable bonds is 4. The fraction of sp³-hybridized carbons (Fsp3) is 0.696. The molecule has 3 heterocycles. The molecule has 0 bridgehead atoms. The van der Waals surface area contributed by atoms with Gasteiger partial charge in [0, 0.05) is 38.3 Å². The van der Waals surface area contributed by atoms with Crippen molar-refractivity contribution in [2.45, 2.75) is 44.8 Å². The molecule has 2 atom stereocenters. The summed E-state index contributed by atoms with van der Waals surface area (Å²) in [6, 6.07) is 9.71. The summed E-state index contributed by atoms with van der Waals surface area (Å²) in [4.78, 5) is 17.3. The number of benzene rings is 1. The average Bonchev–Trinajstić information content (AvgIpc) is 2.75. The number of nitrogens with one attached hydrogen (secondary N) is 1. The molecule has 1 N–H and O–H groups in total. The van der Waals surface area contributed by atoms with Gasteiger partial charge < -0.3 is 19.9 Å². The lowest BCUT2D eigenvalue weighted by molar-refractivity contribution is -0.0473. The van der Waals surface area contributed by atoms with E-state index in [0.29, 0.717) is 12.2 Å². The van der Waals surface area contributed by atoms with E-state index >= 15 is 0 Å². The molecule has 0 spiro atoms. The zero-order chi connectivity index (χ0) is 19.3. The van der Waals surface area contributed by atoms with Crippen LogP contribution in [0.4, 0.5) is 0 Å². The SMILES string of the molecule is C[C@@H]1CNC[C@@H](CN2CCC(C3CCN(C(=O)c4ccccc4)CC3)CC2)O1. The van der Waals surface area contributed by atoms with Gasteiger partial charge in [-0.25, -0.2) is 0 Å². The van der Waals surface area contributed by atoms with Crippen molar-refractivity contribution >= 4 is 5.91 Å². The van der Waals surface area contributed by atoms with Gasteiger partial charge in [0.1, 0.15) is 0 Å². The molecule has 3 saturated heterocycles. The molecule has 154 valence electrons. The first-order chi connectivity index (χ1) is 13.7. The summed E-state index contributed by atoms with van der Waals surface area (Å²) in [6.45, 7) is 9.40. The number of ether oxygens (including phenoxy) is 1. The molecule has 5 nitrogen and oxygen atoms in total. The summed E-state index contributed by atoms with van der Waals surface area (Å²) in [5, 5.41) is 3.48. The van der Waals surface area contributed by atoms with E-state index in [0.717, 1.165) is 63.0 Å². The third-order valence-corrected chi connectivity index (χ3v) is 6.84. The number of nitrogens with zero attached hydrogens (tertiary/aromatic N) is 2. The maximum Gasteiger partial charge on any atom is 0.253 e. The standard InChI is InChI=1S/C23H35N3O2/c1-18-15-24-16-22(28-18)17-25-11-7-19(8-12-25)20-9-13-26(14-10-20)23(27)21-5-3-2-4-6-21/h2-6,18-20,22,24H,7-17H2,1H3/t18-,22+/m1/s1. The van der Waals surface area contributed by atoms with Crippen LogP contribution in [0.3, 0.4) is 0 Å². The second-order valence-electron chi connectivity index (χ2n) is 8.86. The Kier molecular flexibility index (Phi) is 6.65. The maximum absolute atomic E-state index is 12.6. The van der Waals surface area contributed by atoms with Crippen molar-refractivity contribution in [1.29, 1.82) is 0 Å². The van der Waals surface area contributed by atoms with Crippen molar-refractivity contribution in [3.8, 4) is 0 Å². The van der Waals surface area contributed by atoms with Crippen molar-refractivity contribution < 1.29 is 9.53 Å². The molecule has 0 aromatic heterocycles. The van der Waals surface area contributed by atoms with Gasteiger partial charge in [-0.1, -0.05) is 18.2 Å². The number of piperidine rings is 2. The van der Waals surface area contributed by atoms with Crippen LogP contribution < -0.4 is 5.32 Å². The summed E-state index contributed by atoms with van der Waals surface area (Å²) in [7, 11) is 0. The van der Waals surface area contributed by atoms with E-state index in [2.05, 4.69) is 22.0 Å². The first-order valence-corrected chi connectivity index (χ1v) is 11.1. The topological polar surface area (TPSA) is 44.8 Å². The zero-order valence-electron chi connectivity index (χ0n) is 17.2. The number of morpholine rings is 1. The normalized spacial score (nSPS) is 28.4. The highest BCUT2D eigenvalue weighted by atomic mass is 16.5. The molecule has 1 amide bonds. The monoisotopic (exact) mass is 385 g/mol. The minimum atomic E-state index is 0.198. The van der Waals surface area contributed by atoms with E-state index in [4.69, 9.17) is 4.74 Å². The summed E-state index contributed by atoms with van der Waals surface area (Å²) >= 11 is 0. The minimum Gasteiger partial charge on any atom is -0.371 e. The first kappa shape index (κ1) is 19.9. The maximum atomic E-state index is 12.6. The smallest absolute Gasteiger partial charge is 0.253 e.